The van der Waals surface area contributed by atoms with Crippen molar-refractivity contribution in [2.75, 3.05) is 13.1 Å². The normalized spacial score (nSPS) is 23.1. The number of carbonyl (C=O) groups excluding carboxylic acids is 2. The Balaban J connectivity index is 1.87. The van der Waals surface area contributed by atoms with Crippen molar-refractivity contribution < 1.29 is 19.2 Å². The van der Waals surface area contributed by atoms with Gasteiger partial charge in [0.05, 0.1) is 6.42 Å². The van der Waals surface area contributed by atoms with Crippen molar-refractivity contribution in [3.05, 3.63) is 0 Å². The zero-order valence-corrected chi connectivity index (χ0v) is 11.1. The van der Waals surface area contributed by atoms with Crippen LogP contribution in [0.4, 0.5) is 4.79 Å². The molecule has 6 nitrogen and oxygen atoms in total. The summed E-state index contributed by atoms with van der Waals surface area (Å²) in [6.07, 6.45) is 1.40. The molecule has 0 aromatic heterocycles. The number of rotatable bonds is 0. The molecule has 1 spiro atoms. The number of hydroxylamine groups is 1. The summed E-state index contributed by atoms with van der Waals surface area (Å²) < 4.78 is 5.31. The molecule has 0 aliphatic carbocycles. The number of hydrogen-bond donors (Lipinski definition) is 1. The van der Waals surface area contributed by atoms with Crippen LogP contribution in [0.3, 0.4) is 0 Å². The second-order valence-electron chi connectivity index (χ2n) is 5.95. The van der Waals surface area contributed by atoms with Crippen molar-refractivity contribution in [3.63, 3.8) is 0 Å². The number of nitrogens with one attached hydrogen (secondary N) is 1. The zero-order valence-electron chi connectivity index (χ0n) is 11.1. The third-order valence-electron chi connectivity index (χ3n) is 3.19. The highest BCUT2D eigenvalue weighted by atomic mass is 16.7. The summed E-state index contributed by atoms with van der Waals surface area (Å²) in [5, 5.41) is 0. The minimum atomic E-state index is -0.479. The number of piperidine rings is 1. The molecule has 0 saturated carbocycles. The summed E-state index contributed by atoms with van der Waals surface area (Å²) in [6.45, 7) is 6.66. The number of hydrogen-bond acceptors (Lipinski definition) is 4. The summed E-state index contributed by atoms with van der Waals surface area (Å²) in [5.41, 5.74) is 1.49. The highest BCUT2D eigenvalue weighted by Crippen LogP contribution is 2.32. The van der Waals surface area contributed by atoms with Crippen molar-refractivity contribution in [1.82, 2.24) is 10.4 Å². The number of nitrogens with zero attached hydrogens (tertiary/aromatic N) is 1. The van der Waals surface area contributed by atoms with Gasteiger partial charge in [0, 0.05) is 13.1 Å². The molecule has 0 bridgehead atoms. The van der Waals surface area contributed by atoms with Gasteiger partial charge in [0.2, 0.25) is 5.91 Å². The SMILES string of the molecule is CC(C)(C)OC(=O)N1CCC2(CC1)CC(=O)NO2. The maximum atomic E-state index is 11.9. The molecule has 18 heavy (non-hydrogen) atoms. The number of amides is 2. The van der Waals surface area contributed by atoms with Crippen molar-refractivity contribution in [2.45, 2.75) is 51.2 Å². The Labute approximate surface area is 107 Å². The molecule has 0 radical (unpaired) electrons. The van der Waals surface area contributed by atoms with Gasteiger partial charge in [-0.3, -0.25) is 9.63 Å². The van der Waals surface area contributed by atoms with E-state index in [-0.39, 0.29) is 12.0 Å². The average molecular weight is 256 g/mol. The summed E-state index contributed by atoms with van der Waals surface area (Å²) in [4.78, 5) is 30.1. The van der Waals surface area contributed by atoms with E-state index in [0.29, 0.717) is 32.4 Å². The van der Waals surface area contributed by atoms with Gasteiger partial charge >= 0.3 is 6.09 Å². The lowest BCUT2D eigenvalue weighted by molar-refractivity contribution is -0.128. The fourth-order valence-electron chi connectivity index (χ4n) is 2.23. The van der Waals surface area contributed by atoms with E-state index in [0.717, 1.165) is 0 Å². The molecular formula is C12H20N2O4. The zero-order chi connectivity index (χ0) is 13.4. The summed E-state index contributed by atoms with van der Waals surface area (Å²) in [7, 11) is 0. The van der Waals surface area contributed by atoms with Crippen LogP contribution in [0.5, 0.6) is 0 Å². The third-order valence-corrected chi connectivity index (χ3v) is 3.19. The van der Waals surface area contributed by atoms with Crippen LogP contribution >= 0.6 is 0 Å². The van der Waals surface area contributed by atoms with Gasteiger partial charge in [-0.2, -0.15) is 0 Å². The first-order valence-electron chi connectivity index (χ1n) is 6.25. The Bertz CT molecular complexity index is 354. The number of carbonyl (C=O) groups is 2. The van der Waals surface area contributed by atoms with E-state index in [2.05, 4.69) is 5.48 Å². The van der Waals surface area contributed by atoms with Gasteiger partial charge in [0.1, 0.15) is 11.2 Å². The lowest BCUT2D eigenvalue weighted by atomic mass is 9.89. The van der Waals surface area contributed by atoms with Gasteiger partial charge in [-0.05, 0) is 33.6 Å². The molecule has 6 heteroatoms. The quantitative estimate of drug-likeness (QED) is 0.707. The molecule has 2 aliphatic rings. The van der Waals surface area contributed by atoms with Gasteiger partial charge < -0.3 is 9.64 Å². The highest BCUT2D eigenvalue weighted by Gasteiger charge is 2.44. The first kappa shape index (κ1) is 13.1. The van der Waals surface area contributed by atoms with Crippen molar-refractivity contribution >= 4 is 12.0 Å². The molecule has 1 N–H and O–H groups in total. The summed E-state index contributed by atoms with van der Waals surface area (Å²) in [6, 6.07) is 0. The van der Waals surface area contributed by atoms with Crippen LogP contribution in [0, 0.1) is 0 Å². The van der Waals surface area contributed by atoms with Gasteiger partial charge in [-0.1, -0.05) is 0 Å². The summed E-state index contributed by atoms with van der Waals surface area (Å²) >= 11 is 0. The predicted molar refractivity (Wildman–Crippen MR) is 63.6 cm³/mol. The molecule has 2 saturated heterocycles. The predicted octanol–water partition coefficient (Wildman–Crippen LogP) is 1.21. The van der Waals surface area contributed by atoms with E-state index in [1.54, 1.807) is 4.90 Å². The molecule has 0 unspecified atom stereocenters. The molecule has 0 atom stereocenters. The van der Waals surface area contributed by atoms with E-state index in [1.807, 2.05) is 20.8 Å². The summed E-state index contributed by atoms with van der Waals surface area (Å²) in [5.74, 6) is -0.0827. The van der Waals surface area contributed by atoms with E-state index in [4.69, 9.17) is 9.57 Å². The van der Waals surface area contributed by atoms with Gasteiger partial charge in [0.25, 0.3) is 0 Å². The first-order valence-corrected chi connectivity index (χ1v) is 6.25. The maximum absolute atomic E-state index is 11.9. The van der Waals surface area contributed by atoms with Crippen molar-refractivity contribution in [1.29, 1.82) is 0 Å². The molecule has 2 aliphatic heterocycles. The highest BCUT2D eigenvalue weighted by molar-refractivity contribution is 5.77. The van der Waals surface area contributed by atoms with Crippen LogP contribution in [-0.4, -0.2) is 41.2 Å². The molecule has 102 valence electrons. The Morgan fingerprint density at radius 1 is 1.39 bits per heavy atom. The Morgan fingerprint density at radius 3 is 2.44 bits per heavy atom. The molecule has 0 aromatic rings. The Hall–Kier alpha value is -1.30. The monoisotopic (exact) mass is 256 g/mol. The Morgan fingerprint density at radius 2 is 2.00 bits per heavy atom. The molecular weight excluding hydrogens is 236 g/mol. The van der Waals surface area contributed by atoms with Crippen LogP contribution in [0.15, 0.2) is 0 Å². The van der Waals surface area contributed by atoms with E-state index >= 15 is 0 Å². The molecule has 2 rings (SSSR count). The second kappa shape index (κ2) is 4.42. The topological polar surface area (TPSA) is 67.9 Å². The smallest absolute Gasteiger partial charge is 0.410 e. The van der Waals surface area contributed by atoms with Gasteiger partial charge in [-0.25, -0.2) is 10.3 Å². The second-order valence-corrected chi connectivity index (χ2v) is 5.95. The lowest BCUT2D eigenvalue weighted by Crippen LogP contribution is -2.48. The minimum Gasteiger partial charge on any atom is -0.444 e. The fourth-order valence-corrected chi connectivity index (χ4v) is 2.23. The molecule has 2 fully saturated rings. The van der Waals surface area contributed by atoms with Crippen LogP contribution in [0.1, 0.15) is 40.0 Å². The molecule has 2 heterocycles. The van der Waals surface area contributed by atoms with Crippen LogP contribution in [0.25, 0.3) is 0 Å². The van der Waals surface area contributed by atoms with E-state index in [9.17, 15) is 9.59 Å². The van der Waals surface area contributed by atoms with Crippen molar-refractivity contribution in [2.24, 2.45) is 0 Å². The average Bonchev–Trinajstić information content (AvgIpc) is 2.58. The molecule has 0 aromatic carbocycles. The maximum Gasteiger partial charge on any atom is 0.410 e. The third kappa shape index (κ3) is 2.93. The number of ether oxygens (including phenoxy) is 1. The minimum absolute atomic E-state index is 0.0827. The standard InChI is InChI=1S/C12H20N2O4/c1-11(2,3)17-10(16)14-6-4-12(5-7-14)8-9(15)13-18-12/h4-8H2,1-3H3,(H,13,15). The van der Waals surface area contributed by atoms with Crippen LogP contribution in [0.2, 0.25) is 0 Å². The van der Waals surface area contributed by atoms with Crippen LogP contribution in [-0.2, 0) is 14.4 Å². The first-order chi connectivity index (χ1) is 8.30. The van der Waals surface area contributed by atoms with E-state index in [1.165, 1.54) is 0 Å². The molecule has 2 amide bonds. The van der Waals surface area contributed by atoms with Gasteiger partial charge in [-0.15, -0.1) is 0 Å². The fraction of sp³-hybridized carbons (Fsp3) is 0.833. The van der Waals surface area contributed by atoms with Crippen LogP contribution < -0.4 is 5.48 Å². The van der Waals surface area contributed by atoms with Gasteiger partial charge in [0.15, 0.2) is 0 Å². The lowest BCUT2D eigenvalue weighted by Gasteiger charge is -2.37. The van der Waals surface area contributed by atoms with E-state index < -0.39 is 11.2 Å². The largest absolute Gasteiger partial charge is 0.444 e. The number of likely N-dealkylation sites (tertiary alicyclic amines) is 1. The Kier molecular flexibility index (Phi) is 3.23. The van der Waals surface area contributed by atoms with Crippen molar-refractivity contribution in [3.8, 4) is 0 Å².